The molecule has 220 valence electrons. The number of nitrogens with zero attached hydrogens (tertiary/aromatic N) is 2. The Bertz CT molecular complexity index is 1440. The van der Waals surface area contributed by atoms with Gasteiger partial charge in [-0.2, -0.15) is 0 Å². The molecule has 3 aromatic carbocycles. The topological polar surface area (TPSA) is 105 Å². The molecule has 1 unspecified atom stereocenters. The first-order valence-electron chi connectivity index (χ1n) is 13.5. The fraction of sp³-hybridized carbons (Fsp3) is 0.355. The molecule has 0 spiro atoms. The molecular formula is C31H39N3O6S. The summed E-state index contributed by atoms with van der Waals surface area (Å²) in [5.74, 6) is -0.0965. The van der Waals surface area contributed by atoms with E-state index in [4.69, 9.17) is 9.47 Å². The normalized spacial score (nSPS) is 12.0. The minimum atomic E-state index is -4.19. The fourth-order valence-corrected chi connectivity index (χ4v) is 5.96. The molecule has 3 aromatic rings. The number of sulfonamides is 1. The first-order chi connectivity index (χ1) is 19.5. The number of carbonyl (C=O) groups is 2. The van der Waals surface area contributed by atoms with E-state index in [0.717, 1.165) is 15.4 Å². The van der Waals surface area contributed by atoms with Gasteiger partial charge in [-0.3, -0.25) is 13.9 Å². The predicted molar refractivity (Wildman–Crippen MR) is 160 cm³/mol. The van der Waals surface area contributed by atoms with E-state index < -0.39 is 28.5 Å². The highest BCUT2D eigenvalue weighted by Crippen LogP contribution is 2.34. The molecule has 0 aromatic heterocycles. The van der Waals surface area contributed by atoms with Gasteiger partial charge in [-0.1, -0.05) is 55.0 Å². The Labute approximate surface area is 243 Å². The largest absolute Gasteiger partial charge is 0.493 e. The molecule has 9 nitrogen and oxygen atoms in total. The first-order valence-corrected chi connectivity index (χ1v) is 14.9. The molecular weight excluding hydrogens is 542 g/mol. The predicted octanol–water partition coefficient (Wildman–Crippen LogP) is 4.54. The third-order valence-corrected chi connectivity index (χ3v) is 8.31. The van der Waals surface area contributed by atoms with Crippen molar-refractivity contribution in [2.24, 2.45) is 0 Å². The van der Waals surface area contributed by atoms with Crippen molar-refractivity contribution in [3.05, 3.63) is 83.9 Å². The summed E-state index contributed by atoms with van der Waals surface area (Å²) in [4.78, 5) is 28.9. The number of carbonyl (C=O) groups excluding carboxylic acids is 2. The van der Waals surface area contributed by atoms with Crippen LogP contribution < -0.4 is 19.1 Å². The number of aryl methyl sites for hydroxylation is 1. The van der Waals surface area contributed by atoms with Gasteiger partial charge in [0.25, 0.3) is 10.0 Å². The molecule has 0 aliphatic carbocycles. The van der Waals surface area contributed by atoms with Gasteiger partial charge in [-0.05, 0) is 57.0 Å². The SMILES string of the molecule is CCC(C(=O)NC(C)C)N(Cc1cccc(C)c1)C(=O)CN(c1ccc(OC)c(OC)c1)S(=O)(=O)c1ccccc1. The van der Waals surface area contributed by atoms with Gasteiger partial charge >= 0.3 is 0 Å². The van der Waals surface area contributed by atoms with Gasteiger partial charge < -0.3 is 19.7 Å². The number of nitrogens with one attached hydrogen (secondary N) is 1. The second-order valence-corrected chi connectivity index (χ2v) is 11.8. The molecule has 1 N–H and O–H groups in total. The smallest absolute Gasteiger partial charge is 0.264 e. The maximum absolute atomic E-state index is 14.1. The standard InChI is InChI=1S/C31H39N3O6S/c1-7-27(31(36)32-22(2)3)33(20-24-13-11-12-23(4)18-24)30(35)21-34(41(37,38)26-14-9-8-10-15-26)25-16-17-28(39-5)29(19-25)40-6/h8-19,22,27H,7,20-21H2,1-6H3,(H,32,36). The Kier molecular flexibility index (Phi) is 10.8. The van der Waals surface area contributed by atoms with Crippen molar-refractivity contribution in [3.8, 4) is 11.5 Å². The van der Waals surface area contributed by atoms with Crippen molar-refractivity contribution in [2.45, 2.75) is 57.6 Å². The number of ether oxygens (including phenoxy) is 2. The van der Waals surface area contributed by atoms with Crippen LogP contribution in [0.1, 0.15) is 38.3 Å². The van der Waals surface area contributed by atoms with Gasteiger partial charge in [0.1, 0.15) is 12.6 Å². The van der Waals surface area contributed by atoms with Crippen LogP contribution in [0.4, 0.5) is 5.69 Å². The van der Waals surface area contributed by atoms with E-state index in [1.54, 1.807) is 30.3 Å². The number of methoxy groups -OCH3 is 2. The molecule has 0 saturated carbocycles. The summed E-state index contributed by atoms with van der Waals surface area (Å²) < 4.78 is 39.7. The second kappa shape index (κ2) is 14.0. The van der Waals surface area contributed by atoms with E-state index >= 15 is 0 Å². The second-order valence-electron chi connectivity index (χ2n) is 9.96. The highest BCUT2D eigenvalue weighted by Gasteiger charge is 2.34. The van der Waals surface area contributed by atoms with Crippen LogP contribution in [0.15, 0.2) is 77.7 Å². The number of rotatable bonds is 13. The highest BCUT2D eigenvalue weighted by atomic mass is 32.2. The van der Waals surface area contributed by atoms with Crippen molar-refractivity contribution in [1.29, 1.82) is 0 Å². The van der Waals surface area contributed by atoms with E-state index in [9.17, 15) is 18.0 Å². The van der Waals surface area contributed by atoms with Crippen LogP contribution in [0, 0.1) is 6.92 Å². The molecule has 0 radical (unpaired) electrons. The molecule has 0 aliphatic rings. The van der Waals surface area contributed by atoms with Gasteiger partial charge in [0.2, 0.25) is 11.8 Å². The molecule has 0 heterocycles. The van der Waals surface area contributed by atoms with Crippen LogP contribution in [-0.2, 0) is 26.2 Å². The lowest BCUT2D eigenvalue weighted by Gasteiger charge is -2.33. The molecule has 2 amide bonds. The zero-order chi connectivity index (χ0) is 30.2. The van der Waals surface area contributed by atoms with Crippen LogP contribution in [0.5, 0.6) is 11.5 Å². The fourth-order valence-electron chi connectivity index (χ4n) is 4.54. The van der Waals surface area contributed by atoms with E-state index in [1.165, 1.54) is 37.3 Å². The number of amides is 2. The number of hydrogen-bond donors (Lipinski definition) is 1. The summed E-state index contributed by atoms with van der Waals surface area (Å²) in [5, 5.41) is 2.90. The van der Waals surface area contributed by atoms with E-state index in [0.29, 0.717) is 17.9 Å². The maximum Gasteiger partial charge on any atom is 0.264 e. The summed E-state index contributed by atoms with van der Waals surface area (Å²) in [5.41, 5.74) is 2.06. The minimum Gasteiger partial charge on any atom is -0.493 e. The summed E-state index contributed by atoms with van der Waals surface area (Å²) in [6.07, 6.45) is 0.345. The maximum atomic E-state index is 14.1. The van der Waals surface area contributed by atoms with Crippen molar-refractivity contribution in [2.75, 3.05) is 25.1 Å². The number of benzene rings is 3. The molecule has 0 aliphatic heterocycles. The summed E-state index contributed by atoms with van der Waals surface area (Å²) in [7, 11) is -1.26. The molecule has 0 fully saturated rings. The first kappa shape index (κ1) is 31.5. The van der Waals surface area contributed by atoms with Gasteiger partial charge in [-0.25, -0.2) is 8.42 Å². The van der Waals surface area contributed by atoms with Crippen molar-refractivity contribution in [3.63, 3.8) is 0 Å². The van der Waals surface area contributed by atoms with E-state index in [2.05, 4.69) is 5.32 Å². The van der Waals surface area contributed by atoms with Crippen LogP contribution in [0.2, 0.25) is 0 Å². The number of hydrogen-bond acceptors (Lipinski definition) is 6. The Morgan fingerprint density at radius 1 is 0.902 bits per heavy atom. The lowest BCUT2D eigenvalue weighted by molar-refractivity contribution is -0.140. The number of anilines is 1. The Balaban J connectivity index is 2.11. The van der Waals surface area contributed by atoms with E-state index in [1.807, 2.05) is 52.0 Å². The van der Waals surface area contributed by atoms with E-state index in [-0.39, 0.29) is 29.1 Å². The average molecular weight is 582 g/mol. The average Bonchev–Trinajstić information content (AvgIpc) is 2.95. The molecule has 0 saturated heterocycles. The lowest BCUT2D eigenvalue weighted by Crippen LogP contribution is -2.53. The van der Waals surface area contributed by atoms with Crippen LogP contribution >= 0.6 is 0 Å². The van der Waals surface area contributed by atoms with Crippen LogP contribution in [-0.4, -0.2) is 58.0 Å². The monoisotopic (exact) mass is 581 g/mol. The van der Waals surface area contributed by atoms with Gasteiger partial charge in [0.15, 0.2) is 11.5 Å². The minimum absolute atomic E-state index is 0.0254. The van der Waals surface area contributed by atoms with Crippen LogP contribution in [0.3, 0.4) is 0 Å². The summed E-state index contributed by atoms with van der Waals surface area (Å²) in [6.45, 7) is 7.07. The molecule has 10 heteroatoms. The Morgan fingerprint density at radius 2 is 1.59 bits per heavy atom. The third-order valence-electron chi connectivity index (χ3n) is 6.52. The lowest BCUT2D eigenvalue weighted by atomic mass is 10.1. The van der Waals surface area contributed by atoms with Crippen molar-refractivity contribution >= 4 is 27.5 Å². The highest BCUT2D eigenvalue weighted by molar-refractivity contribution is 7.92. The van der Waals surface area contributed by atoms with Gasteiger partial charge in [0, 0.05) is 18.7 Å². The summed E-state index contributed by atoms with van der Waals surface area (Å²) >= 11 is 0. The quantitative estimate of drug-likeness (QED) is 0.318. The van der Waals surface area contributed by atoms with Crippen LogP contribution in [0.25, 0.3) is 0 Å². The molecule has 41 heavy (non-hydrogen) atoms. The Morgan fingerprint density at radius 3 is 2.17 bits per heavy atom. The van der Waals surface area contributed by atoms with Gasteiger partial charge in [0.05, 0.1) is 24.8 Å². The summed E-state index contributed by atoms with van der Waals surface area (Å²) in [6, 6.07) is 19.3. The third kappa shape index (κ3) is 7.79. The zero-order valence-electron chi connectivity index (χ0n) is 24.5. The Hall–Kier alpha value is -4.05. The molecule has 3 rings (SSSR count). The molecule has 1 atom stereocenters. The van der Waals surface area contributed by atoms with Gasteiger partial charge in [-0.15, -0.1) is 0 Å². The zero-order valence-corrected chi connectivity index (χ0v) is 25.3. The molecule has 0 bridgehead atoms. The van der Waals surface area contributed by atoms with Crippen molar-refractivity contribution < 1.29 is 27.5 Å². The van der Waals surface area contributed by atoms with Crippen molar-refractivity contribution in [1.82, 2.24) is 10.2 Å².